The zero-order valence-electron chi connectivity index (χ0n) is 11.8. The molecular weight excluding hydrogens is 254 g/mol. The molecule has 1 aromatic carbocycles. The molecule has 5 nitrogen and oxygen atoms in total. The van der Waals surface area contributed by atoms with Crippen LogP contribution in [0.5, 0.6) is 0 Å². The van der Waals surface area contributed by atoms with Crippen molar-refractivity contribution in [2.24, 2.45) is 0 Å². The van der Waals surface area contributed by atoms with Crippen LogP contribution in [-0.4, -0.2) is 38.8 Å². The molecule has 0 aliphatic carbocycles. The first-order valence-electron chi connectivity index (χ1n) is 6.92. The molecule has 0 bridgehead atoms. The summed E-state index contributed by atoms with van der Waals surface area (Å²) in [5, 5.41) is 14.0. The van der Waals surface area contributed by atoms with Gasteiger partial charge in [0.1, 0.15) is 0 Å². The highest BCUT2D eigenvalue weighted by Gasteiger charge is 2.39. The molecule has 0 radical (unpaired) electrons. The molecule has 1 aliphatic heterocycles. The smallest absolute Gasteiger partial charge is 0.257 e. The van der Waals surface area contributed by atoms with E-state index in [0.29, 0.717) is 31.3 Å². The second kappa shape index (κ2) is 5.00. The fourth-order valence-corrected chi connectivity index (χ4v) is 2.54. The second-order valence-corrected chi connectivity index (χ2v) is 5.61. The molecule has 0 spiro atoms. The number of hydrogen-bond donors (Lipinski definition) is 1. The first kappa shape index (κ1) is 13.3. The third kappa shape index (κ3) is 2.59. The van der Waals surface area contributed by atoms with E-state index in [-0.39, 0.29) is 0 Å². The number of likely N-dealkylation sites (tertiary alicyclic amines) is 1. The standard InChI is InChI=1S/C15H19N3O2/c1-3-15(19)9-18(10-15)8-13-16-14(20-17-13)12-6-4-5-11(2)7-12/h4-7,19H,3,8-10H2,1-2H3. The fourth-order valence-electron chi connectivity index (χ4n) is 2.54. The topological polar surface area (TPSA) is 62.4 Å². The largest absolute Gasteiger partial charge is 0.387 e. The molecule has 1 aliphatic rings. The molecule has 0 atom stereocenters. The van der Waals surface area contributed by atoms with Crippen molar-refractivity contribution in [2.75, 3.05) is 13.1 Å². The van der Waals surface area contributed by atoms with Crippen LogP contribution in [0, 0.1) is 6.92 Å². The molecule has 20 heavy (non-hydrogen) atoms. The maximum Gasteiger partial charge on any atom is 0.257 e. The van der Waals surface area contributed by atoms with Crippen LogP contribution in [0.1, 0.15) is 24.7 Å². The zero-order chi connectivity index (χ0) is 14.2. The van der Waals surface area contributed by atoms with Crippen molar-refractivity contribution in [3.8, 4) is 11.5 Å². The SMILES string of the molecule is CCC1(O)CN(Cc2noc(-c3cccc(C)c3)n2)C1. The van der Waals surface area contributed by atoms with Crippen molar-refractivity contribution < 1.29 is 9.63 Å². The Balaban J connectivity index is 1.66. The van der Waals surface area contributed by atoms with Crippen molar-refractivity contribution in [3.63, 3.8) is 0 Å². The summed E-state index contributed by atoms with van der Waals surface area (Å²) >= 11 is 0. The lowest BCUT2D eigenvalue weighted by molar-refractivity contribution is -0.104. The third-order valence-corrected chi connectivity index (χ3v) is 3.79. The van der Waals surface area contributed by atoms with Gasteiger partial charge >= 0.3 is 0 Å². The van der Waals surface area contributed by atoms with Gasteiger partial charge in [-0.15, -0.1) is 0 Å². The highest BCUT2D eigenvalue weighted by atomic mass is 16.5. The molecule has 1 N–H and O–H groups in total. The van der Waals surface area contributed by atoms with Crippen molar-refractivity contribution in [1.82, 2.24) is 15.0 Å². The van der Waals surface area contributed by atoms with Crippen LogP contribution in [0.2, 0.25) is 0 Å². The number of β-amino-alcohol motifs (C(OH)–C–C–N with tert-alkyl or cyclic N) is 1. The minimum Gasteiger partial charge on any atom is -0.387 e. The summed E-state index contributed by atoms with van der Waals surface area (Å²) in [6.45, 7) is 6.02. The Labute approximate surface area is 118 Å². The Kier molecular flexibility index (Phi) is 3.31. The lowest BCUT2D eigenvalue weighted by Crippen LogP contribution is -2.60. The van der Waals surface area contributed by atoms with Gasteiger partial charge < -0.3 is 9.63 Å². The lowest BCUT2D eigenvalue weighted by atomic mass is 9.91. The quantitative estimate of drug-likeness (QED) is 0.923. The normalized spacial score (nSPS) is 17.9. The van der Waals surface area contributed by atoms with Crippen LogP contribution in [0.15, 0.2) is 28.8 Å². The molecule has 106 valence electrons. The lowest BCUT2D eigenvalue weighted by Gasteiger charge is -2.45. The average Bonchev–Trinajstić information content (AvgIpc) is 2.85. The summed E-state index contributed by atoms with van der Waals surface area (Å²) in [4.78, 5) is 6.54. The minimum absolute atomic E-state index is 0.525. The van der Waals surface area contributed by atoms with E-state index in [1.54, 1.807) is 0 Å². The highest BCUT2D eigenvalue weighted by molar-refractivity contribution is 5.53. The molecule has 2 aromatic rings. The monoisotopic (exact) mass is 273 g/mol. The van der Waals surface area contributed by atoms with E-state index in [4.69, 9.17) is 4.52 Å². The van der Waals surface area contributed by atoms with Gasteiger partial charge in [-0.2, -0.15) is 4.98 Å². The number of aromatic nitrogens is 2. The second-order valence-electron chi connectivity index (χ2n) is 5.61. The Morgan fingerprint density at radius 2 is 2.20 bits per heavy atom. The molecule has 2 heterocycles. The van der Waals surface area contributed by atoms with Gasteiger partial charge in [-0.25, -0.2) is 0 Å². The molecule has 3 rings (SSSR count). The number of rotatable bonds is 4. The number of benzene rings is 1. The summed E-state index contributed by atoms with van der Waals surface area (Å²) in [7, 11) is 0. The summed E-state index contributed by atoms with van der Waals surface area (Å²) in [6, 6.07) is 8.00. The Morgan fingerprint density at radius 3 is 2.90 bits per heavy atom. The molecule has 0 unspecified atom stereocenters. The number of aliphatic hydroxyl groups is 1. The fraction of sp³-hybridized carbons (Fsp3) is 0.467. The van der Waals surface area contributed by atoms with Crippen molar-refractivity contribution in [3.05, 3.63) is 35.7 Å². The third-order valence-electron chi connectivity index (χ3n) is 3.79. The Morgan fingerprint density at radius 1 is 1.40 bits per heavy atom. The van der Waals surface area contributed by atoms with E-state index >= 15 is 0 Å². The summed E-state index contributed by atoms with van der Waals surface area (Å²) in [5.41, 5.74) is 1.58. The molecular formula is C15H19N3O2. The summed E-state index contributed by atoms with van der Waals surface area (Å²) < 4.78 is 5.30. The average molecular weight is 273 g/mol. The van der Waals surface area contributed by atoms with Crippen molar-refractivity contribution >= 4 is 0 Å². The molecule has 1 aromatic heterocycles. The van der Waals surface area contributed by atoms with Crippen molar-refractivity contribution in [1.29, 1.82) is 0 Å². The minimum atomic E-state index is -0.525. The molecule has 1 fully saturated rings. The predicted octanol–water partition coefficient (Wildman–Crippen LogP) is 2.00. The number of aryl methyl sites for hydroxylation is 1. The first-order valence-corrected chi connectivity index (χ1v) is 6.92. The Bertz CT molecular complexity index is 603. The van der Waals surface area contributed by atoms with Crippen LogP contribution in [0.4, 0.5) is 0 Å². The maximum absolute atomic E-state index is 9.98. The van der Waals surface area contributed by atoms with E-state index < -0.39 is 5.60 Å². The van der Waals surface area contributed by atoms with Gasteiger partial charge in [0.05, 0.1) is 12.1 Å². The van der Waals surface area contributed by atoms with Gasteiger partial charge in [0.2, 0.25) is 0 Å². The van der Waals surface area contributed by atoms with Gasteiger partial charge in [0.25, 0.3) is 5.89 Å². The molecule has 5 heteroatoms. The van der Waals surface area contributed by atoms with Gasteiger partial charge in [0.15, 0.2) is 5.82 Å². The summed E-state index contributed by atoms with van der Waals surface area (Å²) in [6.07, 6.45) is 0.782. The van der Waals surface area contributed by atoms with Crippen LogP contribution >= 0.6 is 0 Å². The van der Waals surface area contributed by atoms with Crippen molar-refractivity contribution in [2.45, 2.75) is 32.4 Å². The van der Waals surface area contributed by atoms with Gasteiger partial charge in [0, 0.05) is 18.7 Å². The highest BCUT2D eigenvalue weighted by Crippen LogP contribution is 2.26. The first-order chi connectivity index (χ1) is 9.58. The van der Waals surface area contributed by atoms with Gasteiger partial charge in [-0.05, 0) is 25.5 Å². The molecule has 0 saturated carbocycles. The number of hydrogen-bond acceptors (Lipinski definition) is 5. The van der Waals surface area contributed by atoms with Crippen LogP contribution in [-0.2, 0) is 6.54 Å². The van der Waals surface area contributed by atoms with Crippen LogP contribution in [0.3, 0.4) is 0 Å². The van der Waals surface area contributed by atoms with Crippen LogP contribution < -0.4 is 0 Å². The van der Waals surface area contributed by atoms with E-state index in [2.05, 4.69) is 15.0 Å². The molecule has 0 amide bonds. The van der Waals surface area contributed by atoms with E-state index in [0.717, 1.165) is 17.5 Å². The summed E-state index contributed by atoms with van der Waals surface area (Å²) in [5.74, 6) is 1.22. The maximum atomic E-state index is 9.98. The predicted molar refractivity (Wildman–Crippen MR) is 75.0 cm³/mol. The zero-order valence-corrected chi connectivity index (χ0v) is 11.8. The molecule has 1 saturated heterocycles. The van der Waals surface area contributed by atoms with Crippen LogP contribution in [0.25, 0.3) is 11.5 Å². The van der Waals surface area contributed by atoms with E-state index in [9.17, 15) is 5.11 Å². The van der Waals surface area contributed by atoms with Gasteiger partial charge in [-0.1, -0.05) is 29.8 Å². The number of nitrogens with zero attached hydrogens (tertiary/aromatic N) is 3. The van der Waals surface area contributed by atoms with Gasteiger partial charge in [-0.3, -0.25) is 4.90 Å². The van der Waals surface area contributed by atoms with E-state index in [1.807, 2.05) is 38.1 Å². The Hall–Kier alpha value is -1.72. The van der Waals surface area contributed by atoms with E-state index in [1.165, 1.54) is 0 Å².